The summed E-state index contributed by atoms with van der Waals surface area (Å²) < 4.78 is 7.60. The summed E-state index contributed by atoms with van der Waals surface area (Å²) in [7, 11) is 0. The Morgan fingerprint density at radius 1 is 1.32 bits per heavy atom. The zero-order valence-electron chi connectivity index (χ0n) is 12.3. The maximum Gasteiger partial charge on any atom is 0.0874 e. The molecule has 0 aromatic carbocycles. The smallest absolute Gasteiger partial charge is 0.0874 e. The van der Waals surface area contributed by atoms with Gasteiger partial charge in [0.1, 0.15) is 0 Å². The van der Waals surface area contributed by atoms with Gasteiger partial charge < -0.3 is 10.5 Å². The summed E-state index contributed by atoms with van der Waals surface area (Å²) in [5.41, 5.74) is 8.09. The van der Waals surface area contributed by atoms with E-state index in [4.69, 9.17) is 10.5 Å². The molecule has 1 aliphatic heterocycles. The topological polar surface area (TPSA) is 66.0 Å². The monoisotopic (exact) mass is 266 g/mol. The Labute approximate surface area is 115 Å². The standard InChI is InChI=1S/C14H26N4O/c1-10(2)11(3)18-14(12-5-8-19-9-6-12)13(4-7-15)16-17-18/h10-12H,4-9,15H2,1-3H3. The van der Waals surface area contributed by atoms with Gasteiger partial charge in [0, 0.05) is 25.6 Å². The second-order valence-corrected chi connectivity index (χ2v) is 5.78. The van der Waals surface area contributed by atoms with E-state index in [-0.39, 0.29) is 0 Å². The van der Waals surface area contributed by atoms with Gasteiger partial charge in [0.15, 0.2) is 0 Å². The van der Waals surface area contributed by atoms with Crippen LogP contribution in [0.2, 0.25) is 0 Å². The van der Waals surface area contributed by atoms with Crippen molar-refractivity contribution in [1.29, 1.82) is 0 Å². The SMILES string of the molecule is CC(C)C(C)n1nnc(CCN)c1C1CCOCC1. The van der Waals surface area contributed by atoms with Crippen molar-refractivity contribution in [2.75, 3.05) is 19.8 Å². The summed E-state index contributed by atoms with van der Waals surface area (Å²) in [6.45, 7) is 8.98. The van der Waals surface area contributed by atoms with Gasteiger partial charge in [0.25, 0.3) is 0 Å². The van der Waals surface area contributed by atoms with Crippen molar-refractivity contribution in [2.45, 2.75) is 52.0 Å². The lowest BCUT2D eigenvalue weighted by Crippen LogP contribution is -2.23. The van der Waals surface area contributed by atoms with Gasteiger partial charge in [0.2, 0.25) is 0 Å². The zero-order chi connectivity index (χ0) is 13.8. The molecule has 108 valence electrons. The molecule has 0 radical (unpaired) electrons. The molecule has 0 saturated carbocycles. The van der Waals surface area contributed by atoms with Crippen molar-refractivity contribution in [2.24, 2.45) is 11.7 Å². The van der Waals surface area contributed by atoms with E-state index in [0.717, 1.165) is 38.2 Å². The van der Waals surface area contributed by atoms with Crippen LogP contribution in [0.3, 0.4) is 0 Å². The zero-order valence-corrected chi connectivity index (χ0v) is 12.3. The van der Waals surface area contributed by atoms with E-state index < -0.39 is 0 Å². The van der Waals surface area contributed by atoms with E-state index in [0.29, 0.717) is 24.4 Å². The van der Waals surface area contributed by atoms with Crippen LogP contribution in [-0.4, -0.2) is 34.8 Å². The minimum Gasteiger partial charge on any atom is -0.381 e. The van der Waals surface area contributed by atoms with Gasteiger partial charge in [-0.15, -0.1) is 5.10 Å². The lowest BCUT2D eigenvalue weighted by Gasteiger charge is -2.26. The number of rotatable bonds is 5. The number of hydrogen-bond donors (Lipinski definition) is 1. The highest BCUT2D eigenvalue weighted by Crippen LogP contribution is 2.31. The first-order valence-electron chi connectivity index (χ1n) is 7.37. The van der Waals surface area contributed by atoms with E-state index in [1.807, 2.05) is 0 Å². The molecule has 0 bridgehead atoms. The average Bonchev–Trinajstić information content (AvgIpc) is 2.83. The summed E-state index contributed by atoms with van der Waals surface area (Å²) in [6.07, 6.45) is 2.95. The first kappa shape index (κ1) is 14.5. The highest BCUT2D eigenvalue weighted by Gasteiger charge is 2.27. The van der Waals surface area contributed by atoms with Gasteiger partial charge in [-0.05, 0) is 32.2 Å². The maximum absolute atomic E-state index is 5.70. The Morgan fingerprint density at radius 3 is 2.58 bits per heavy atom. The van der Waals surface area contributed by atoms with Gasteiger partial charge in [-0.3, -0.25) is 0 Å². The Morgan fingerprint density at radius 2 is 2.00 bits per heavy atom. The van der Waals surface area contributed by atoms with E-state index in [9.17, 15) is 0 Å². The molecule has 5 heteroatoms. The second-order valence-electron chi connectivity index (χ2n) is 5.78. The first-order valence-corrected chi connectivity index (χ1v) is 7.37. The quantitative estimate of drug-likeness (QED) is 0.884. The predicted octanol–water partition coefficient (Wildman–Crippen LogP) is 1.89. The number of aromatic nitrogens is 3. The molecular weight excluding hydrogens is 240 g/mol. The lowest BCUT2D eigenvalue weighted by atomic mass is 9.93. The Kier molecular flexibility index (Phi) is 4.93. The van der Waals surface area contributed by atoms with Crippen molar-refractivity contribution in [3.8, 4) is 0 Å². The molecule has 0 aliphatic carbocycles. The molecule has 19 heavy (non-hydrogen) atoms. The van der Waals surface area contributed by atoms with E-state index in [2.05, 4.69) is 35.8 Å². The van der Waals surface area contributed by atoms with Crippen molar-refractivity contribution >= 4 is 0 Å². The minimum atomic E-state index is 0.372. The highest BCUT2D eigenvalue weighted by atomic mass is 16.5. The van der Waals surface area contributed by atoms with Crippen LogP contribution in [0.25, 0.3) is 0 Å². The Bertz CT molecular complexity index is 396. The normalized spacial score (nSPS) is 19.0. The van der Waals surface area contributed by atoms with Crippen LogP contribution < -0.4 is 5.73 Å². The fourth-order valence-electron chi connectivity index (χ4n) is 2.63. The molecule has 1 aromatic heterocycles. The van der Waals surface area contributed by atoms with Crippen molar-refractivity contribution in [3.05, 3.63) is 11.4 Å². The third kappa shape index (κ3) is 3.15. The van der Waals surface area contributed by atoms with Crippen molar-refractivity contribution in [3.63, 3.8) is 0 Å². The number of hydrogen-bond acceptors (Lipinski definition) is 4. The Balaban J connectivity index is 2.32. The molecule has 1 unspecified atom stereocenters. The Hall–Kier alpha value is -0.940. The van der Waals surface area contributed by atoms with Crippen LogP contribution in [-0.2, 0) is 11.2 Å². The van der Waals surface area contributed by atoms with Gasteiger partial charge >= 0.3 is 0 Å². The minimum absolute atomic E-state index is 0.372. The number of ether oxygens (including phenoxy) is 1. The van der Waals surface area contributed by atoms with Gasteiger partial charge in [0.05, 0.1) is 17.4 Å². The third-order valence-corrected chi connectivity index (χ3v) is 4.14. The fraction of sp³-hybridized carbons (Fsp3) is 0.857. The van der Waals surface area contributed by atoms with E-state index in [1.165, 1.54) is 5.69 Å². The van der Waals surface area contributed by atoms with Crippen LogP contribution >= 0.6 is 0 Å². The van der Waals surface area contributed by atoms with Crippen LogP contribution in [0.5, 0.6) is 0 Å². The summed E-state index contributed by atoms with van der Waals surface area (Å²) in [4.78, 5) is 0. The molecule has 1 aromatic rings. The van der Waals surface area contributed by atoms with Gasteiger partial charge in [-0.2, -0.15) is 0 Å². The fourth-order valence-corrected chi connectivity index (χ4v) is 2.63. The predicted molar refractivity (Wildman–Crippen MR) is 75.1 cm³/mol. The highest BCUT2D eigenvalue weighted by molar-refractivity contribution is 5.17. The molecule has 0 amide bonds. The second kappa shape index (κ2) is 6.48. The van der Waals surface area contributed by atoms with Crippen LogP contribution in [0.4, 0.5) is 0 Å². The molecule has 2 rings (SSSR count). The van der Waals surface area contributed by atoms with Crippen LogP contribution in [0.15, 0.2) is 0 Å². The molecule has 1 atom stereocenters. The number of nitrogens with zero attached hydrogens (tertiary/aromatic N) is 3. The van der Waals surface area contributed by atoms with E-state index in [1.54, 1.807) is 0 Å². The van der Waals surface area contributed by atoms with E-state index >= 15 is 0 Å². The maximum atomic E-state index is 5.70. The molecule has 1 aliphatic rings. The summed E-state index contributed by atoms with van der Waals surface area (Å²) >= 11 is 0. The van der Waals surface area contributed by atoms with Gasteiger partial charge in [-0.25, -0.2) is 4.68 Å². The molecule has 2 heterocycles. The molecule has 1 saturated heterocycles. The van der Waals surface area contributed by atoms with Crippen molar-refractivity contribution < 1.29 is 4.74 Å². The molecule has 1 fully saturated rings. The third-order valence-electron chi connectivity index (χ3n) is 4.14. The van der Waals surface area contributed by atoms with Crippen molar-refractivity contribution in [1.82, 2.24) is 15.0 Å². The molecule has 0 spiro atoms. The summed E-state index contributed by atoms with van der Waals surface area (Å²) in [6, 6.07) is 0.372. The molecular formula is C14H26N4O. The summed E-state index contributed by atoms with van der Waals surface area (Å²) in [5, 5.41) is 8.78. The number of nitrogens with two attached hydrogens (primary N) is 1. The molecule has 2 N–H and O–H groups in total. The van der Waals surface area contributed by atoms with Gasteiger partial charge in [-0.1, -0.05) is 19.1 Å². The lowest BCUT2D eigenvalue weighted by molar-refractivity contribution is 0.0826. The average molecular weight is 266 g/mol. The first-order chi connectivity index (χ1) is 9.15. The summed E-state index contributed by atoms with van der Waals surface area (Å²) in [5.74, 6) is 1.07. The largest absolute Gasteiger partial charge is 0.381 e. The van der Waals surface area contributed by atoms with Crippen LogP contribution in [0.1, 0.15) is 57.0 Å². The van der Waals surface area contributed by atoms with Crippen LogP contribution in [0, 0.1) is 5.92 Å². The molecule has 5 nitrogen and oxygen atoms in total.